The molecule has 0 aromatic heterocycles. The molecule has 1 atom stereocenters. The van der Waals surface area contributed by atoms with E-state index < -0.39 is 0 Å². The molecule has 1 aromatic rings. The van der Waals surface area contributed by atoms with Crippen LogP contribution in [0.1, 0.15) is 64.4 Å². The maximum absolute atomic E-state index is 5.45. The minimum absolute atomic E-state index is 0.706. The van der Waals surface area contributed by atoms with E-state index in [0.717, 1.165) is 23.7 Å². The van der Waals surface area contributed by atoms with Gasteiger partial charge in [-0.2, -0.15) is 0 Å². The minimum atomic E-state index is 0.706. The van der Waals surface area contributed by atoms with Crippen molar-refractivity contribution in [1.82, 2.24) is 0 Å². The third kappa shape index (κ3) is 5.60. The highest BCUT2D eigenvalue weighted by Gasteiger charge is 2.12. The van der Waals surface area contributed by atoms with Gasteiger partial charge in [0.1, 0.15) is 5.75 Å². The van der Waals surface area contributed by atoms with Crippen molar-refractivity contribution in [2.45, 2.75) is 58.8 Å². The van der Waals surface area contributed by atoms with Crippen LogP contribution in [-0.4, -0.2) is 6.61 Å². The quantitative estimate of drug-likeness (QED) is 0.480. The molecule has 118 valence electrons. The molecule has 0 amide bonds. The second kappa shape index (κ2) is 9.36. The first-order valence-corrected chi connectivity index (χ1v) is 8.75. The van der Waals surface area contributed by atoms with Gasteiger partial charge in [-0.15, -0.1) is 0 Å². The molecule has 22 heavy (non-hydrogen) atoms. The molecule has 0 bridgehead atoms. The Bertz CT molecular complexity index is 527. The molecule has 0 fully saturated rings. The monoisotopic (exact) mass is 296 g/mol. The summed E-state index contributed by atoms with van der Waals surface area (Å²) in [6.07, 6.45) is 11.5. The summed E-state index contributed by atoms with van der Waals surface area (Å²) in [4.78, 5) is 0. The van der Waals surface area contributed by atoms with Gasteiger partial charge in [0.2, 0.25) is 0 Å². The predicted molar refractivity (Wildman–Crippen MR) is 94.1 cm³/mol. The lowest BCUT2D eigenvalue weighted by molar-refractivity contribution is 0.340. The standard InChI is InChI=1S/C21H28O/c1-3-5-6-7-18-8-10-19(11-9-18)12-13-20-14-16-21(17-15-20)22-4-2/h10,14-18H,3-9,11H2,1-2H3. The van der Waals surface area contributed by atoms with Gasteiger partial charge < -0.3 is 4.74 Å². The molecule has 1 aliphatic rings. The number of benzene rings is 1. The fraction of sp³-hybridized carbons (Fsp3) is 0.524. The van der Waals surface area contributed by atoms with Crippen LogP contribution in [0.4, 0.5) is 0 Å². The molecule has 0 radical (unpaired) electrons. The predicted octanol–water partition coefficient (Wildman–Crippen LogP) is 5.74. The molecule has 1 heteroatoms. The number of hydrogen-bond donors (Lipinski definition) is 0. The van der Waals surface area contributed by atoms with E-state index in [4.69, 9.17) is 4.74 Å². The number of hydrogen-bond acceptors (Lipinski definition) is 1. The third-order valence-electron chi connectivity index (χ3n) is 4.27. The fourth-order valence-electron chi connectivity index (χ4n) is 2.90. The SMILES string of the molecule is CCCCCC1CC=C(C#Cc2ccc(OCC)cc2)CC1. The summed E-state index contributed by atoms with van der Waals surface area (Å²) in [5.41, 5.74) is 2.38. The van der Waals surface area contributed by atoms with Crippen molar-refractivity contribution >= 4 is 0 Å². The molecule has 0 spiro atoms. The molecule has 0 aliphatic heterocycles. The molecule has 1 unspecified atom stereocenters. The maximum Gasteiger partial charge on any atom is 0.119 e. The van der Waals surface area contributed by atoms with Crippen LogP contribution in [0.2, 0.25) is 0 Å². The Morgan fingerprint density at radius 3 is 2.55 bits per heavy atom. The van der Waals surface area contributed by atoms with E-state index in [-0.39, 0.29) is 0 Å². The normalized spacial score (nSPS) is 17.4. The summed E-state index contributed by atoms with van der Waals surface area (Å²) in [6, 6.07) is 8.06. The van der Waals surface area contributed by atoms with E-state index in [2.05, 4.69) is 24.8 Å². The molecule has 0 N–H and O–H groups in total. The first-order valence-electron chi connectivity index (χ1n) is 8.75. The van der Waals surface area contributed by atoms with E-state index in [1.807, 2.05) is 31.2 Å². The van der Waals surface area contributed by atoms with Crippen molar-refractivity contribution < 1.29 is 4.74 Å². The second-order valence-electron chi connectivity index (χ2n) is 6.07. The average molecular weight is 296 g/mol. The van der Waals surface area contributed by atoms with Crippen LogP contribution in [-0.2, 0) is 0 Å². The Morgan fingerprint density at radius 2 is 1.91 bits per heavy atom. The molecule has 1 nitrogen and oxygen atoms in total. The molecular weight excluding hydrogens is 268 g/mol. The van der Waals surface area contributed by atoms with Crippen LogP contribution in [0.25, 0.3) is 0 Å². The summed E-state index contributed by atoms with van der Waals surface area (Å²) < 4.78 is 5.45. The zero-order chi connectivity index (χ0) is 15.6. The minimum Gasteiger partial charge on any atom is -0.494 e. The Morgan fingerprint density at radius 1 is 1.09 bits per heavy atom. The van der Waals surface area contributed by atoms with Crippen molar-refractivity contribution in [2.24, 2.45) is 5.92 Å². The highest BCUT2D eigenvalue weighted by molar-refractivity contribution is 5.43. The summed E-state index contributed by atoms with van der Waals surface area (Å²) >= 11 is 0. The van der Waals surface area contributed by atoms with Crippen molar-refractivity contribution in [3.8, 4) is 17.6 Å². The summed E-state index contributed by atoms with van der Waals surface area (Å²) in [5.74, 6) is 8.43. The first kappa shape index (κ1) is 16.7. The van der Waals surface area contributed by atoms with Crippen molar-refractivity contribution in [3.63, 3.8) is 0 Å². The Kier molecular flexibility index (Phi) is 7.10. The summed E-state index contributed by atoms with van der Waals surface area (Å²) in [5, 5.41) is 0. The van der Waals surface area contributed by atoms with Crippen molar-refractivity contribution in [1.29, 1.82) is 0 Å². The zero-order valence-electron chi connectivity index (χ0n) is 14.0. The number of ether oxygens (including phenoxy) is 1. The molecule has 1 aromatic carbocycles. The van der Waals surface area contributed by atoms with Gasteiger partial charge in [-0.05, 0) is 61.9 Å². The lowest BCUT2D eigenvalue weighted by Crippen LogP contribution is -2.05. The Balaban J connectivity index is 1.84. The van der Waals surface area contributed by atoms with Crippen LogP contribution >= 0.6 is 0 Å². The topological polar surface area (TPSA) is 9.23 Å². The van der Waals surface area contributed by atoms with E-state index in [1.54, 1.807) is 0 Å². The van der Waals surface area contributed by atoms with Gasteiger partial charge in [-0.1, -0.05) is 50.5 Å². The lowest BCUT2D eigenvalue weighted by Gasteiger charge is -2.19. The fourth-order valence-corrected chi connectivity index (χ4v) is 2.90. The molecule has 0 saturated heterocycles. The van der Waals surface area contributed by atoms with Gasteiger partial charge in [-0.25, -0.2) is 0 Å². The van der Waals surface area contributed by atoms with Crippen molar-refractivity contribution in [3.05, 3.63) is 41.5 Å². The maximum atomic E-state index is 5.45. The van der Waals surface area contributed by atoms with Crippen molar-refractivity contribution in [2.75, 3.05) is 6.61 Å². The zero-order valence-corrected chi connectivity index (χ0v) is 14.0. The highest BCUT2D eigenvalue weighted by atomic mass is 16.5. The Labute approximate surface area is 135 Å². The summed E-state index contributed by atoms with van der Waals surface area (Å²) in [6.45, 7) is 4.98. The largest absolute Gasteiger partial charge is 0.494 e. The van der Waals surface area contributed by atoms with Gasteiger partial charge in [0.25, 0.3) is 0 Å². The van der Waals surface area contributed by atoms with Crippen LogP contribution in [0.5, 0.6) is 5.75 Å². The van der Waals surface area contributed by atoms with Gasteiger partial charge in [0.05, 0.1) is 6.61 Å². The molecule has 0 heterocycles. The van der Waals surface area contributed by atoms with Crippen LogP contribution in [0, 0.1) is 17.8 Å². The highest BCUT2D eigenvalue weighted by Crippen LogP contribution is 2.27. The van der Waals surface area contributed by atoms with E-state index >= 15 is 0 Å². The molecule has 1 aliphatic carbocycles. The smallest absolute Gasteiger partial charge is 0.119 e. The van der Waals surface area contributed by atoms with Gasteiger partial charge in [0.15, 0.2) is 0 Å². The Hall–Kier alpha value is -1.68. The van der Waals surface area contributed by atoms with Crippen LogP contribution in [0.3, 0.4) is 0 Å². The number of rotatable bonds is 6. The summed E-state index contributed by atoms with van der Waals surface area (Å²) in [7, 11) is 0. The number of unbranched alkanes of at least 4 members (excludes halogenated alkanes) is 2. The van der Waals surface area contributed by atoms with E-state index in [9.17, 15) is 0 Å². The van der Waals surface area contributed by atoms with Gasteiger partial charge >= 0.3 is 0 Å². The van der Waals surface area contributed by atoms with Crippen LogP contribution < -0.4 is 4.74 Å². The van der Waals surface area contributed by atoms with E-state index in [0.29, 0.717) is 6.61 Å². The van der Waals surface area contributed by atoms with Gasteiger partial charge in [0, 0.05) is 5.56 Å². The second-order valence-corrected chi connectivity index (χ2v) is 6.07. The number of allylic oxidation sites excluding steroid dienone is 2. The average Bonchev–Trinajstić information content (AvgIpc) is 2.56. The first-order chi connectivity index (χ1) is 10.8. The van der Waals surface area contributed by atoms with Crippen LogP contribution in [0.15, 0.2) is 35.9 Å². The lowest BCUT2D eigenvalue weighted by atomic mass is 9.86. The van der Waals surface area contributed by atoms with E-state index in [1.165, 1.54) is 44.1 Å². The molecule has 2 rings (SSSR count). The molecule has 0 saturated carbocycles. The molecular formula is C21H28O. The van der Waals surface area contributed by atoms with Gasteiger partial charge in [-0.3, -0.25) is 0 Å². The third-order valence-corrected chi connectivity index (χ3v) is 4.27.